The maximum Gasteiger partial charge on any atom is 0.574 e. The van der Waals surface area contributed by atoms with Crippen LogP contribution in [0.2, 0.25) is 0 Å². The quantitative estimate of drug-likeness (QED) is 0.803. The van der Waals surface area contributed by atoms with Crippen LogP contribution in [0.5, 0.6) is 11.6 Å². The maximum absolute atomic E-state index is 11.8. The molecule has 0 aliphatic rings. The number of alkyl halides is 3. The van der Waals surface area contributed by atoms with Crippen LogP contribution < -0.4 is 4.74 Å². The van der Waals surface area contributed by atoms with E-state index in [9.17, 15) is 13.2 Å². The van der Waals surface area contributed by atoms with Gasteiger partial charge in [0.2, 0.25) is 0 Å². The lowest BCUT2D eigenvalue weighted by molar-refractivity contribution is -0.276. The molecule has 0 radical (unpaired) electrons. The Balaban J connectivity index is 3.20. The third kappa shape index (κ3) is 2.99. The van der Waals surface area contributed by atoms with E-state index in [1.165, 1.54) is 6.07 Å². The van der Waals surface area contributed by atoms with E-state index in [2.05, 4.69) is 25.7 Å². The first kappa shape index (κ1) is 11.6. The van der Waals surface area contributed by atoms with Gasteiger partial charge < -0.3 is 9.84 Å². The van der Waals surface area contributed by atoms with Crippen molar-refractivity contribution in [2.45, 2.75) is 6.36 Å². The second-order valence-corrected chi connectivity index (χ2v) is 3.12. The van der Waals surface area contributed by atoms with Gasteiger partial charge in [0.15, 0.2) is 5.75 Å². The van der Waals surface area contributed by atoms with Gasteiger partial charge in [-0.3, -0.25) is 0 Å². The van der Waals surface area contributed by atoms with E-state index >= 15 is 0 Å². The highest BCUT2D eigenvalue weighted by Gasteiger charge is 2.33. The Morgan fingerprint density at radius 3 is 2.60 bits per heavy atom. The zero-order valence-corrected chi connectivity index (χ0v) is 8.43. The maximum atomic E-state index is 11.8. The van der Waals surface area contributed by atoms with Gasteiger partial charge in [-0.25, -0.2) is 4.98 Å². The number of halogens is 4. The van der Waals surface area contributed by atoms with Crippen LogP contribution in [0.15, 0.2) is 10.7 Å². The molecule has 0 bridgehead atoms. The number of ether oxygens (including phenoxy) is 1. The topological polar surface area (TPSA) is 66.1 Å². The predicted molar refractivity (Wildman–Crippen MR) is 45.0 cm³/mol. The van der Waals surface area contributed by atoms with Crippen molar-refractivity contribution in [2.24, 2.45) is 0 Å². The van der Waals surface area contributed by atoms with Gasteiger partial charge in [0, 0.05) is 0 Å². The summed E-state index contributed by atoms with van der Waals surface area (Å²) in [5.74, 6) is -2.01. The van der Waals surface area contributed by atoms with E-state index in [1.807, 2.05) is 0 Å². The smallest absolute Gasteiger partial charge is 0.502 e. The van der Waals surface area contributed by atoms with Crippen LogP contribution in [0.25, 0.3) is 0 Å². The lowest BCUT2D eigenvalue weighted by atomic mass is 10.3. The zero-order valence-electron chi connectivity index (χ0n) is 6.84. The minimum atomic E-state index is -4.97. The van der Waals surface area contributed by atoms with Crippen LogP contribution in [-0.4, -0.2) is 16.5 Å². The van der Waals surface area contributed by atoms with Gasteiger partial charge in [-0.1, -0.05) is 0 Å². The van der Waals surface area contributed by atoms with Crippen LogP contribution in [0, 0.1) is 11.3 Å². The summed E-state index contributed by atoms with van der Waals surface area (Å²) in [4.78, 5) is 3.24. The van der Waals surface area contributed by atoms with Gasteiger partial charge in [0.05, 0.1) is 0 Å². The molecule has 0 aliphatic heterocycles. The Labute approximate surface area is 90.0 Å². The van der Waals surface area contributed by atoms with Crippen LogP contribution in [-0.2, 0) is 0 Å². The van der Waals surface area contributed by atoms with Crippen molar-refractivity contribution in [2.75, 3.05) is 0 Å². The fraction of sp³-hybridized carbons (Fsp3) is 0.143. The second kappa shape index (κ2) is 3.94. The number of rotatable bonds is 1. The Morgan fingerprint density at radius 1 is 1.53 bits per heavy atom. The number of aromatic nitrogens is 1. The molecule has 0 aliphatic carbocycles. The van der Waals surface area contributed by atoms with Crippen molar-refractivity contribution in [1.29, 1.82) is 5.26 Å². The molecule has 0 fully saturated rings. The van der Waals surface area contributed by atoms with E-state index in [0.717, 1.165) is 6.07 Å². The monoisotopic (exact) mass is 282 g/mol. The summed E-state index contributed by atoms with van der Waals surface area (Å²) in [6.07, 6.45) is -4.97. The fourth-order valence-corrected chi connectivity index (χ4v) is 1.14. The molecule has 1 N–H and O–H groups in total. The molecule has 0 amide bonds. The van der Waals surface area contributed by atoms with Crippen LogP contribution in [0.1, 0.15) is 5.56 Å². The molecule has 1 heterocycles. The van der Waals surface area contributed by atoms with Gasteiger partial charge in [0.1, 0.15) is 16.2 Å². The molecule has 0 saturated heterocycles. The van der Waals surface area contributed by atoms with Crippen molar-refractivity contribution in [3.8, 4) is 17.7 Å². The van der Waals surface area contributed by atoms with Gasteiger partial charge in [-0.05, 0) is 22.0 Å². The minimum Gasteiger partial charge on any atom is -0.502 e. The van der Waals surface area contributed by atoms with Crippen LogP contribution in [0.4, 0.5) is 13.2 Å². The summed E-state index contributed by atoms with van der Waals surface area (Å²) >= 11 is 2.77. The highest BCUT2D eigenvalue weighted by molar-refractivity contribution is 9.10. The number of pyridine rings is 1. The largest absolute Gasteiger partial charge is 0.574 e. The van der Waals surface area contributed by atoms with Crippen molar-refractivity contribution < 1.29 is 23.0 Å². The van der Waals surface area contributed by atoms with E-state index in [0.29, 0.717) is 0 Å². The highest BCUT2D eigenvalue weighted by Crippen LogP contribution is 2.33. The number of nitrogens with zero attached hydrogens (tertiary/aromatic N) is 2. The van der Waals surface area contributed by atoms with E-state index in [1.54, 1.807) is 0 Å². The van der Waals surface area contributed by atoms with Gasteiger partial charge in [-0.2, -0.15) is 5.26 Å². The average Bonchev–Trinajstić information content (AvgIpc) is 2.08. The highest BCUT2D eigenvalue weighted by atomic mass is 79.9. The van der Waals surface area contributed by atoms with Crippen molar-refractivity contribution >= 4 is 15.9 Å². The predicted octanol–water partition coefficient (Wildman–Crippen LogP) is 2.32. The Kier molecular flexibility index (Phi) is 3.04. The molecule has 8 heteroatoms. The van der Waals surface area contributed by atoms with Crippen molar-refractivity contribution in [1.82, 2.24) is 4.98 Å². The number of aromatic hydroxyl groups is 1. The number of nitriles is 1. The third-order valence-electron chi connectivity index (χ3n) is 1.26. The van der Waals surface area contributed by atoms with Crippen LogP contribution in [0.3, 0.4) is 0 Å². The van der Waals surface area contributed by atoms with Crippen molar-refractivity contribution in [3.05, 3.63) is 16.2 Å². The second-order valence-electron chi connectivity index (χ2n) is 2.31. The summed E-state index contributed by atoms with van der Waals surface area (Å²) in [6.45, 7) is 0. The number of hydrogen-bond acceptors (Lipinski definition) is 4. The average molecular weight is 283 g/mol. The molecule has 1 aromatic rings. The molecule has 15 heavy (non-hydrogen) atoms. The summed E-state index contributed by atoms with van der Waals surface area (Å²) in [5, 5.41) is 17.6. The lowest BCUT2D eigenvalue weighted by Gasteiger charge is -2.09. The Hall–Kier alpha value is -1.49. The zero-order chi connectivity index (χ0) is 11.6. The summed E-state index contributed by atoms with van der Waals surface area (Å²) < 4.78 is 38.8. The lowest BCUT2D eigenvalue weighted by Crippen LogP contribution is -2.18. The number of hydrogen-bond donors (Lipinski definition) is 1. The molecule has 0 atom stereocenters. The molecule has 0 spiro atoms. The molecule has 80 valence electrons. The summed E-state index contributed by atoms with van der Waals surface area (Å²) in [5.41, 5.74) is -0.365. The van der Waals surface area contributed by atoms with E-state index in [-0.39, 0.29) is 10.2 Å². The molecule has 0 aromatic carbocycles. The molecular weight excluding hydrogens is 281 g/mol. The van der Waals surface area contributed by atoms with Gasteiger partial charge >= 0.3 is 6.36 Å². The summed E-state index contributed by atoms with van der Waals surface area (Å²) in [7, 11) is 0. The first-order valence-electron chi connectivity index (χ1n) is 3.39. The molecule has 4 nitrogen and oxygen atoms in total. The fourth-order valence-electron chi connectivity index (χ4n) is 0.751. The molecule has 1 rings (SSSR count). The SMILES string of the molecule is N#Cc1cc(Br)nc(OC(F)(F)F)c1O. The standard InChI is InChI=1S/C7H2BrF3N2O2/c8-4-1-3(2-12)5(14)6(13-4)15-7(9,10)11/h1,14H. The van der Waals surface area contributed by atoms with Gasteiger partial charge in [0.25, 0.3) is 5.88 Å². The van der Waals surface area contributed by atoms with Gasteiger partial charge in [-0.15, -0.1) is 13.2 Å². The molecule has 1 aromatic heterocycles. The first-order chi connectivity index (χ1) is 6.83. The Morgan fingerprint density at radius 2 is 2.13 bits per heavy atom. The summed E-state index contributed by atoms with van der Waals surface area (Å²) in [6, 6.07) is 2.56. The molecular formula is C7H2BrF3N2O2. The Bertz CT molecular complexity index is 427. The van der Waals surface area contributed by atoms with E-state index < -0.39 is 18.0 Å². The first-order valence-corrected chi connectivity index (χ1v) is 4.18. The van der Waals surface area contributed by atoms with E-state index in [4.69, 9.17) is 10.4 Å². The minimum absolute atomic E-state index is 0.0453. The van der Waals surface area contributed by atoms with Crippen LogP contribution >= 0.6 is 15.9 Å². The molecule has 0 unspecified atom stereocenters. The normalized spacial score (nSPS) is 10.9. The van der Waals surface area contributed by atoms with Crippen molar-refractivity contribution in [3.63, 3.8) is 0 Å². The third-order valence-corrected chi connectivity index (χ3v) is 1.67. The molecule has 0 saturated carbocycles.